The third-order valence-electron chi connectivity index (χ3n) is 4.39. The van der Waals surface area contributed by atoms with Gasteiger partial charge < -0.3 is 24.4 Å². The summed E-state index contributed by atoms with van der Waals surface area (Å²) >= 11 is 0. The third kappa shape index (κ3) is 5.26. The van der Waals surface area contributed by atoms with E-state index in [0.717, 1.165) is 0 Å². The first-order valence-corrected chi connectivity index (χ1v) is 9.00. The second-order valence-corrected chi connectivity index (χ2v) is 6.70. The fourth-order valence-corrected chi connectivity index (χ4v) is 3.07. The van der Waals surface area contributed by atoms with E-state index in [1.807, 2.05) is 13.8 Å². The molecule has 2 amide bonds. The average molecular weight is 379 g/mol. The van der Waals surface area contributed by atoms with Crippen molar-refractivity contribution in [2.75, 3.05) is 54.1 Å². The molecule has 0 unspecified atom stereocenters. The van der Waals surface area contributed by atoms with Crippen molar-refractivity contribution in [3.63, 3.8) is 0 Å². The van der Waals surface area contributed by atoms with Crippen molar-refractivity contribution < 1.29 is 23.8 Å². The standard InChI is InChI=1S/C19H29N3O5/c1-13(2)20-17(23)12-21-6-8-22(9-7-21)19(24)14-10-15(25-3)18(27-5)16(11-14)26-4/h10-11,13H,6-9,12H2,1-5H3,(H,20,23). The first-order chi connectivity index (χ1) is 12.9. The van der Waals surface area contributed by atoms with Crippen LogP contribution in [0.5, 0.6) is 17.2 Å². The Morgan fingerprint density at radius 3 is 2.00 bits per heavy atom. The molecule has 0 atom stereocenters. The maximum absolute atomic E-state index is 12.9. The highest BCUT2D eigenvalue weighted by molar-refractivity contribution is 5.95. The Labute approximate surface area is 160 Å². The predicted octanol–water partition coefficient (Wildman–Crippen LogP) is 0.995. The van der Waals surface area contributed by atoms with Crippen molar-refractivity contribution >= 4 is 11.8 Å². The van der Waals surface area contributed by atoms with Crippen LogP contribution in [0.15, 0.2) is 12.1 Å². The van der Waals surface area contributed by atoms with Crippen LogP contribution in [0.2, 0.25) is 0 Å². The zero-order chi connectivity index (χ0) is 20.0. The number of nitrogens with zero attached hydrogens (tertiary/aromatic N) is 2. The van der Waals surface area contributed by atoms with Gasteiger partial charge in [0.15, 0.2) is 11.5 Å². The predicted molar refractivity (Wildman–Crippen MR) is 102 cm³/mol. The molecule has 0 saturated carbocycles. The Morgan fingerprint density at radius 1 is 1.00 bits per heavy atom. The number of nitrogens with one attached hydrogen (secondary N) is 1. The highest BCUT2D eigenvalue weighted by Gasteiger charge is 2.25. The van der Waals surface area contributed by atoms with Crippen LogP contribution in [0, 0.1) is 0 Å². The number of hydrogen-bond donors (Lipinski definition) is 1. The second-order valence-electron chi connectivity index (χ2n) is 6.70. The van der Waals surface area contributed by atoms with Gasteiger partial charge in [-0.05, 0) is 26.0 Å². The van der Waals surface area contributed by atoms with Crippen LogP contribution in [0.1, 0.15) is 24.2 Å². The summed E-state index contributed by atoms with van der Waals surface area (Å²) in [6.07, 6.45) is 0. The van der Waals surface area contributed by atoms with E-state index in [0.29, 0.717) is 55.5 Å². The number of methoxy groups -OCH3 is 3. The topological polar surface area (TPSA) is 80.3 Å². The fourth-order valence-electron chi connectivity index (χ4n) is 3.07. The molecule has 8 heteroatoms. The van der Waals surface area contributed by atoms with Gasteiger partial charge in [0.1, 0.15) is 0 Å². The fraction of sp³-hybridized carbons (Fsp3) is 0.579. The SMILES string of the molecule is COc1cc(C(=O)N2CCN(CC(=O)NC(C)C)CC2)cc(OC)c1OC. The van der Waals surface area contributed by atoms with Gasteiger partial charge in [-0.1, -0.05) is 0 Å². The van der Waals surface area contributed by atoms with Crippen LogP contribution in [0.25, 0.3) is 0 Å². The lowest BCUT2D eigenvalue weighted by Gasteiger charge is -2.34. The van der Waals surface area contributed by atoms with Crippen LogP contribution in [-0.4, -0.2) is 81.7 Å². The van der Waals surface area contributed by atoms with Gasteiger partial charge in [0.05, 0.1) is 27.9 Å². The maximum atomic E-state index is 12.9. The van der Waals surface area contributed by atoms with Crippen molar-refractivity contribution in [2.45, 2.75) is 19.9 Å². The lowest BCUT2D eigenvalue weighted by Crippen LogP contribution is -2.51. The van der Waals surface area contributed by atoms with Crippen molar-refractivity contribution in [2.24, 2.45) is 0 Å². The minimum atomic E-state index is -0.0967. The molecule has 0 aromatic heterocycles. The zero-order valence-electron chi connectivity index (χ0n) is 16.7. The molecule has 1 aromatic rings. The summed E-state index contributed by atoms with van der Waals surface area (Å²) in [5.74, 6) is 1.26. The summed E-state index contributed by atoms with van der Waals surface area (Å²) in [6.45, 7) is 6.65. The van der Waals surface area contributed by atoms with Crippen LogP contribution in [-0.2, 0) is 4.79 Å². The number of benzene rings is 1. The van der Waals surface area contributed by atoms with E-state index in [2.05, 4.69) is 10.2 Å². The summed E-state index contributed by atoms with van der Waals surface area (Å²) < 4.78 is 15.9. The van der Waals surface area contributed by atoms with E-state index >= 15 is 0 Å². The number of rotatable bonds is 7. The molecule has 27 heavy (non-hydrogen) atoms. The maximum Gasteiger partial charge on any atom is 0.254 e. The summed E-state index contributed by atoms with van der Waals surface area (Å²) in [6, 6.07) is 3.44. The van der Waals surface area contributed by atoms with Gasteiger partial charge in [0.2, 0.25) is 11.7 Å². The van der Waals surface area contributed by atoms with Crippen molar-refractivity contribution in [3.8, 4) is 17.2 Å². The molecule has 1 heterocycles. The van der Waals surface area contributed by atoms with Gasteiger partial charge in [-0.25, -0.2) is 0 Å². The molecule has 8 nitrogen and oxygen atoms in total. The molecular weight excluding hydrogens is 350 g/mol. The van der Waals surface area contributed by atoms with Gasteiger partial charge in [0, 0.05) is 37.8 Å². The Kier molecular flexibility index (Phi) is 7.29. The molecule has 1 aromatic carbocycles. The van der Waals surface area contributed by atoms with Gasteiger partial charge in [-0.3, -0.25) is 14.5 Å². The molecule has 2 rings (SSSR count). The number of carbonyl (C=O) groups is 2. The van der Waals surface area contributed by atoms with Crippen LogP contribution >= 0.6 is 0 Å². The molecule has 1 fully saturated rings. The second kappa shape index (κ2) is 9.45. The molecular formula is C19H29N3O5. The van der Waals surface area contributed by atoms with Crippen LogP contribution in [0.3, 0.4) is 0 Å². The monoisotopic (exact) mass is 379 g/mol. The molecule has 0 spiro atoms. The summed E-state index contributed by atoms with van der Waals surface area (Å²) in [5.41, 5.74) is 0.482. The van der Waals surface area contributed by atoms with Gasteiger partial charge in [-0.2, -0.15) is 0 Å². The highest BCUT2D eigenvalue weighted by Crippen LogP contribution is 2.38. The number of hydrogen-bond acceptors (Lipinski definition) is 6. The summed E-state index contributed by atoms with van der Waals surface area (Å²) in [7, 11) is 4.57. The molecule has 150 valence electrons. The molecule has 0 aliphatic carbocycles. The number of piperazine rings is 1. The minimum Gasteiger partial charge on any atom is -0.493 e. The lowest BCUT2D eigenvalue weighted by molar-refractivity contribution is -0.123. The largest absolute Gasteiger partial charge is 0.493 e. The van der Waals surface area contributed by atoms with Gasteiger partial charge in [0.25, 0.3) is 5.91 Å². The summed E-state index contributed by atoms with van der Waals surface area (Å²) in [4.78, 5) is 28.6. The zero-order valence-corrected chi connectivity index (χ0v) is 16.7. The van der Waals surface area contributed by atoms with Gasteiger partial charge in [-0.15, -0.1) is 0 Å². The Hall–Kier alpha value is -2.48. The van der Waals surface area contributed by atoms with E-state index in [1.165, 1.54) is 21.3 Å². The van der Waals surface area contributed by atoms with Crippen LogP contribution < -0.4 is 19.5 Å². The minimum absolute atomic E-state index is 0.00871. The molecule has 0 bridgehead atoms. The van der Waals surface area contributed by atoms with Gasteiger partial charge >= 0.3 is 0 Å². The van der Waals surface area contributed by atoms with E-state index in [9.17, 15) is 9.59 Å². The normalized spacial score (nSPS) is 14.8. The Bertz CT molecular complexity index is 644. The Morgan fingerprint density at radius 2 is 1.56 bits per heavy atom. The van der Waals surface area contributed by atoms with Crippen molar-refractivity contribution in [3.05, 3.63) is 17.7 Å². The highest BCUT2D eigenvalue weighted by atomic mass is 16.5. The molecule has 1 aliphatic heterocycles. The molecule has 1 N–H and O–H groups in total. The van der Waals surface area contributed by atoms with Crippen molar-refractivity contribution in [1.82, 2.24) is 15.1 Å². The van der Waals surface area contributed by atoms with E-state index in [4.69, 9.17) is 14.2 Å². The van der Waals surface area contributed by atoms with Crippen molar-refractivity contribution in [1.29, 1.82) is 0 Å². The molecule has 1 saturated heterocycles. The Balaban J connectivity index is 2.02. The summed E-state index contributed by atoms with van der Waals surface area (Å²) in [5, 5.41) is 2.89. The molecule has 1 aliphatic rings. The van der Waals surface area contributed by atoms with Crippen LogP contribution in [0.4, 0.5) is 0 Å². The first-order valence-electron chi connectivity index (χ1n) is 9.00. The van der Waals surface area contributed by atoms with E-state index in [1.54, 1.807) is 17.0 Å². The number of ether oxygens (including phenoxy) is 3. The average Bonchev–Trinajstić information content (AvgIpc) is 2.66. The van der Waals surface area contributed by atoms with E-state index in [-0.39, 0.29) is 17.9 Å². The number of amides is 2. The first kappa shape index (κ1) is 20.8. The lowest BCUT2D eigenvalue weighted by atomic mass is 10.1. The third-order valence-corrected chi connectivity index (χ3v) is 4.39. The van der Waals surface area contributed by atoms with E-state index < -0.39 is 0 Å². The molecule has 0 radical (unpaired) electrons. The quantitative estimate of drug-likeness (QED) is 0.761. The smallest absolute Gasteiger partial charge is 0.254 e. The number of carbonyl (C=O) groups excluding carboxylic acids is 2.